The second-order valence-electron chi connectivity index (χ2n) is 3.44. The number of nitrogens with one attached hydrogen (secondary N) is 1. The van der Waals surface area contributed by atoms with Crippen LogP contribution < -0.4 is 11.1 Å². The van der Waals surface area contributed by atoms with Gasteiger partial charge < -0.3 is 11.1 Å². The molecule has 1 amide bonds. The van der Waals surface area contributed by atoms with E-state index in [1.54, 1.807) is 0 Å². The van der Waals surface area contributed by atoms with E-state index in [9.17, 15) is 4.79 Å². The van der Waals surface area contributed by atoms with Crippen molar-refractivity contribution in [3.05, 3.63) is 6.20 Å². The van der Waals surface area contributed by atoms with Crippen molar-refractivity contribution in [1.29, 1.82) is 0 Å². The second-order valence-corrected chi connectivity index (χ2v) is 4.23. The molecule has 14 heavy (non-hydrogen) atoms. The molecule has 0 fully saturated rings. The third kappa shape index (κ3) is 3.39. The fourth-order valence-electron chi connectivity index (χ4n) is 0.860. The Morgan fingerprint density at radius 3 is 2.93 bits per heavy atom. The van der Waals surface area contributed by atoms with Gasteiger partial charge in [0.25, 0.3) is 0 Å². The lowest BCUT2D eigenvalue weighted by molar-refractivity contribution is -0.116. The zero-order chi connectivity index (χ0) is 10.6. The first-order valence-electron chi connectivity index (χ1n) is 4.42. The molecule has 5 nitrogen and oxygen atoms in total. The Morgan fingerprint density at radius 1 is 1.71 bits per heavy atom. The largest absolute Gasteiger partial charge is 0.327 e. The number of hydrogen-bond donors (Lipinski definition) is 2. The van der Waals surface area contributed by atoms with Gasteiger partial charge in [-0.25, -0.2) is 0 Å². The predicted molar refractivity (Wildman–Crippen MR) is 56.0 cm³/mol. The van der Waals surface area contributed by atoms with Crippen LogP contribution in [0.25, 0.3) is 0 Å². The molecule has 1 atom stereocenters. The van der Waals surface area contributed by atoms with Crippen LogP contribution in [0.5, 0.6) is 0 Å². The quantitative estimate of drug-likeness (QED) is 0.778. The first kappa shape index (κ1) is 11.1. The molecular formula is C8H14N4OS. The van der Waals surface area contributed by atoms with E-state index in [1.807, 2.05) is 13.8 Å². The molecule has 3 N–H and O–H groups in total. The first-order chi connectivity index (χ1) is 6.59. The number of aromatic nitrogens is 2. The number of nitrogens with zero attached hydrogens (tertiary/aromatic N) is 2. The highest BCUT2D eigenvalue weighted by atomic mass is 32.1. The van der Waals surface area contributed by atoms with Gasteiger partial charge >= 0.3 is 0 Å². The van der Waals surface area contributed by atoms with Crippen molar-refractivity contribution in [2.24, 2.45) is 11.7 Å². The monoisotopic (exact) mass is 214 g/mol. The maximum atomic E-state index is 11.4. The Hall–Kier alpha value is -1.01. The van der Waals surface area contributed by atoms with E-state index in [2.05, 4.69) is 14.9 Å². The third-order valence-corrected chi connectivity index (χ3v) is 2.48. The average molecular weight is 214 g/mol. The van der Waals surface area contributed by atoms with Gasteiger partial charge in [-0.1, -0.05) is 18.3 Å². The lowest BCUT2D eigenvalue weighted by Gasteiger charge is -2.14. The van der Waals surface area contributed by atoms with Crippen LogP contribution in [-0.2, 0) is 4.79 Å². The van der Waals surface area contributed by atoms with Crippen LogP contribution in [0.3, 0.4) is 0 Å². The van der Waals surface area contributed by atoms with Crippen LogP contribution in [0.4, 0.5) is 5.00 Å². The van der Waals surface area contributed by atoms with Gasteiger partial charge in [-0.3, -0.25) is 4.79 Å². The predicted octanol–water partition coefficient (Wildman–Crippen LogP) is 0.850. The van der Waals surface area contributed by atoms with Gasteiger partial charge in [0.1, 0.15) is 5.00 Å². The van der Waals surface area contributed by atoms with E-state index >= 15 is 0 Å². The molecule has 6 heteroatoms. The number of nitrogens with two attached hydrogens (primary N) is 1. The standard InChI is InChI=1S/C8H14N4OS/c1-5(2)6(9)3-7(13)11-8-4-10-12-14-8/h4-6H,3,9H2,1-2H3,(H,11,13). The number of anilines is 1. The minimum Gasteiger partial charge on any atom is -0.327 e. The van der Waals surface area contributed by atoms with E-state index in [-0.39, 0.29) is 11.9 Å². The van der Waals surface area contributed by atoms with Gasteiger partial charge in [0, 0.05) is 24.0 Å². The summed E-state index contributed by atoms with van der Waals surface area (Å²) in [6.07, 6.45) is 1.85. The van der Waals surface area contributed by atoms with Crippen LogP contribution in [0.15, 0.2) is 6.20 Å². The molecule has 0 aliphatic carbocycles. The average Bonchev–Trinajstić information content (AvgIpc) is 2.56. The Labute approximate surface area is 86.9 Å². The molecule has 0 aliphatic heterocycles. The number of rotatable bonds is 4. The van der Waals surface area contributed by atoms with E-state index in [0.717, 1.165) is 11.5 Å². The van der Waals surface area contributed by atoms with Crippen molar-refractivity contribution in [2.75, 3.05) is 5.32 Å². The maximum absolute atomic E-state index is 11.4. The molecule has 1 unspecified atom stereocenters. The van der Waals surface area contributed by atoms with E-state index in [1.165, 1.54) is 6.20 Å². The van der Waals surface area contributed by atoms with Crippen molar-refractivity contribution in [2.45, 2.75) is 26.3 Å². The summed E-state index contributed by atoms with van der Waals surface area (Å²) in [7, 11) is 0. The molecular weight excluding hydrogens is 200 g/mol. The number of carbonyl (C=O) groups is 1. The molecule has 78 valence electrons. The zero-order valence-corrected chi connectivity index (χ0v) is 9.04. The van der Waals surface area contributed by atoms with Crippen molar-refractivity contribution < 1.29 is 4.79 Å². The van der Waals surface area contributed by atoms with Crippen molar-refractivity contribution >= 4 is 22.4 Å². The topological polar surface area (TPSA) is 80.9 Å². The van der Waals surface area contributed by atoms with E-state index in [0.29, 0.717) is 17.3 Å². The van der Waals surface area contributed by atoms with E-state index in [4.69, 9.17) is 5.73 Å². The van der Waals surface area contributed by atoms with Crippen LogP contribution in [0.1, 0.15) is 20.3 Å². The molecule has 1 rings (SSSR count). The van der Waals surface area contributed by atoms with Gasteiger partial charge in [0.15, 0.2) is 0 Å². The highest BCUT2D eigenvalue weighted by molar-refractivity contribution is 7.10. The fourth-order valence-corrected chi connectivity index (χ4v) is 1.30. The van der Waals surface area contributed by atoms with Crippen molar-refractivity contribution in [1.82, 2.24) is 9.59 Å². The molecule has 0 radical (unpaired) electrons. The van der Waals surface area contributed by atoms with Crippen LogP contribution in [0.2, 0.25) is 0 Å². The smallest absolute Gasteiger partial charge is 0.226 e. The van der Waals surface area contributed by atoms with Crippen LogP contribution in [-0.4, -0.2) is 21.5 Å². The van der Waals surface area contributed by atoms with Gasteiger partial charge in [-0.15, -0.1) is 5.10 Å². The normalized spacial score (nSPS) is 12.9. The Balaban J connectivity index is 2.36. The SMILES string of the molecule is CC(C)C(N)CC(=O)Nc1cnns1. The highest BCUT2D eigenvalue weighted by Crippen LogP contribution is 2.10. The minimum absolute atomic E-state index is 0.0859. The number of amides is 1. The lowest BCUT2D eigenvalue weighted by Crippen LogP contribution is -2.31. The summed E-state index contributed by atoms with van der Waals surface area (Å²) in [6, 6.07) is -0.101. The molecule has 0 bridgehead atoms. The van der Waals surface area contributed by atoms with Gasteiger partial charge in [0.2, 0.25) is 5.91 Å². The summed E-state index contributed by atoms with van der Waals surface area (Å²) in [5, 5.41) is 6.95. The number of hydrogen-bond acceptors (Lipinski definition) is 5. The summed E-state index contributed by atoms with van der Waals surface area (Å²) in [5.74, 6) is 0.220. The molecule has 1 aromatic heterocycles. The van der Waals surface area contributed by atoms with Crippen LogP contribution in [0, 0.1) is 5.92 Å². The summed E-state index contributed by atoms with van der Waals surface area (Å²) in [6.45, 7) is 3.98. The van der Waals surface area contributed by atoms with Gasteiger partial charge in [0.05, 0.1) is 6.20 Å². The molecule has 0 spiro atoms. The molecule has 0 saturated carbocycles. The second kappa shape index (κ2) is 5.02. The summed E-state index contributed by atoms with van der Waals surface area (Å²) in [4.78, 5) is 11.4. The molecule has 1 heterocycles. The summed E-state index contributed by atoms with van der Waals surface area (Å²) < 4.78 is 3.64. The first-order valence-corrected chi connectivity index (χ1v) is 5.19. The van der Waals surface area contributed by atoms with Crippen molar-refractivity contribution in [3.63, 3.8) is 0 Å². The maximum Gasteiger partial charge on any atom is 0.226 e. The van der Waals surface area contributed by atoms with Crippen molar-refractivity contribution in [3.8, 4) is 0 Å². The van der Waals surface area contributed by atoms with Gasteiger partial charge in [-0.05, 0) is 5.92 Å². The van der Waals surface area contributed by atoms with Gasteiger partial charge in [-0.2, -0.15) is 0 Å². The van der Waals surface area contributed by atoms with Crippen LogP contribution >= 0.6 is 11.5 Å². The molecule has 0 aromatic carbocycles. The molecule has 1 aromatic rings. The summed E-state index contributed by atoms with van der Waals surface area (Å²) in [5.41, 5.74) is 5.76. The Morgan fingerprint density at radius 2 is 2.43 bits per heavy atom. The van der Waals surface area contributed by atoms with E-state index < -0.39 is 0 Å². The minimum atomic E-state index is -0.101. The third-order valence-electron chi connectivity index (χ3n) is 1.90. The molecule has 0 saturated heterocycles. The lowest BCUT2D eigenvalue weighted by atomic mass is 10.0. The fraction of sp³-hybridized carbons (Fsp3) is 0.625. The number of carbonyl (C=O) groups excluding carboxylic acids is 1. The Kier molecular flexibility index (Phi) is 3.97. The highest BCUT2D eigenvalue weighted by Gasteiger charge is 2.13. The zero-order valence-electron chi connectivity index (χ0n) is 8.23. The summed E-state index contributed by atoms with van der Waals surface area (Å²) >= 11 is 1.15. The molecule has 0 aliphatic rings. The Bertz CT molecular complexity index is 286.